The summed E-state index contributed by atoms with van der Waals surface area (Å²) in [5.74, 6) is 0.775. The smallest absolute Gasteiger partial charge is 0.219 e. The highest BCUT2D eigenvalue weighted by molar-refractivity contribution is 9.10. The SMILES string of the molecule is Cc1cc(CNC2CC2)cc(Oc2ccc(F)c(Br)c2)n1. The number of rotatable bonds is 5. The summed E-state index contributed by atoms with van der Waals surface area (Å²) in [6.45, 7) is 2.76. The lowest BCUT2D eigenvalue weighted by molar-refractivity contribution is 0.458. The monoisotopic (exact) mass is 350 g/mol. The molecule has 5 heteroatoms. The van der Waals surface area contributed by atoms with Crippen LogP contribution >= 0.6 is 15.9 Å². The number of benzene rings is 1. The van der Waals surface area contributed by atoms with Crippen LogP contribution in [-0.4, -0.2) is 11.0 Å². The zero-order chi connectivity index (χ0) is 14.8. The van der Waals surface area contributed by atoms with Crippen molar-refractivity contribution in [1.82, 2.24) is 10.3 Å². The van der Waals surface area contributed by atoms with Gasteiger partial charge in [-0.15, -0.1) is 0 Å². The maximum absolute atomic E-state index is 13.2. The van der Waals surface area contributed by atoms with E-state index in [0.717, 1.165) is 17.8 Å². The Hall–Kier alpha value is -1.46. The van der Waals surface area contributed by atoms with Crippen LogP contribution < -0.4 is 10.1 Å². The lowest BCUT2D eigenvalue weighted by Crippen LogP contribution is -2.15. The molecule has 0 unspecified atom stereocenters. The molecule has 3 rings (SSSR count). The van der Waals surface area contributed by atoms with Crippen LogP contribution in [0.3, 0.4) is 0 Å². The van der Waals surface area contributed by atoms with Crippen LogP contribution in [-0.2, 0) is 6.54 Å². The van der Waals surface area contributed by atoms with Crippen molar-refractivity contribution in [3.63, 3.8) is 0 Å². The van der Waals surface area contributed by atoms with E-state index >= 15 is 0 Å². The van der Waals surface area contributed by atoms with E-state index < -0.39 is 0 Å². The third-order valence-electron chi connectivity index (χ3n) is 3.28. The summed E-state index contributed by atoms with van der Waals surface area (Å²) < 4.78 is 19.3. The molecule has 0 radical (unpaired) electrons. The van der Waals surface area contributed by atoms with Crippen molar-refractivity contribution in [2.24, 2.45) is 0 Å². The fraction of sp³-hybridized carbons (Fsp3) is 0.312. The van der Waals surface area contributed by atoms with Crippen molar-refractivity contribution < 1.29 is 9.13 Å². The molecule has 0 atom stereocenters. The van der Waals surface area contributed by atoms with Crippen molar-refractivity contribution in [1.29, 1.82) is 0 Å². The molecular weight excluding hydrogens is 335 g/mol. The molecule has 1 heterocycles. The zero-order valence-corrected chi connectivity index (χ0v) is 13.3. The van der Waals surface area contributed by atoms with Gasteiger partial charge in [-0.25, -0.2) is 9.37 Å². The topological polar surface area (TPSA) is 34.1 Å². The summed E-state index contributed by atoms with van der Waals surface area (Å²) in [7, 11) is 0. The van der Waals surface area contributed by atoms with Crippen molar-refractivity contribution in [3.8, 4) is 11.6 Å². The Bertz CT molecular complexity index is 659. The molecule has 0 aliphatic heterocycles. The standard InChI is InChI=1S/C16H16BrFN2O/c1-10-6-11(9-19-12-2-3-12)7-16(20-10)21-13-4-5-15(18)14(17)8-13/h4-8,12,19H,2-3,9H2,1H3. The van der Waals surface area contributed by atoms with Crippen molar-refractivity contribution in [3.05, 3.63) is 51.9 Å². The Morgan fingerprint density at radius 3 is 2.86 bits per heavy atom. The van der Waals surface area contributed by atoms with Gasteiger partial charge in [-0.05, 0) is 65.5 Å². The van der Waals surface area contributed by atoms with Gasteiger partial charge >= 0.3 is 0 Å². The quantitative estimate of drug-likeness (QED) is 0.870. The highest BCUT2D eigenvalue weighted by atomic mass is 79.9. The van der Waals surface area contributed by atoms with Gasteiger partial charge in [-0.2, -0.15) is 0 Å². The molecule has 0 saturated heterocycles. The summed E-state index contributed by atoms with van der Waals surface area (Å²) in [4.78, 5) is 4.36. The second-order valence-corrected chi connectivity index (χ2v) is 6.14. The van der Waals surface area contributed by atoms with Gasteiger partial charge in [0, 0.05) is 24.3 Å². The molecule has 0 spiro atoms. The largest absolute Gasteiger partial charge is 0.439 e. The maximum Gasteiger partial charge on any atom is 0.219 e. The molecule has 3 nitrogen and oxygen atoms in total. The first-order chi connectivity index (χ1) is 10.1. The van der Waals surface area contributed by atoms with Crippen LogP contribution in [0.15, 0.2) is 34.8 Å². The number of hydrogen-bond acceptors (Lipinski definition) is 3. The third-order valence-corrected chi connectivity index (χ3v) is 3.88. The van der Waals surface area contributed by atoms with E-state index in [1.807, 2.05) is 19.1 Å². The predicted octanol–water partition coefficient (Wildman–Crippen LogP) is 4.34. The summed E-state index contributed by atoms with van der Waals surface area (Å²) in [5.41, 5.74) is 2.05. The minimum Gasteiger partial charge on any atom is -0.439 e. The van der Waals surface area contributed by atoms with Gasteiger partial charge in [0.25, 0.3) is 0 Å². The molecule has 1 aliphatic rings. The van der Waals surface area contributed by atoms with Crippen LogP contribution in [0.1, 0.15) is 24.1 Å². The summed E-state index contributed by atoms with van der Waals surface area (Å²) in [6.07, 6.45) is 2.52. The van der Waals surface area contributed by atoms with Gasteiger partial charge in [0.2, 0.25) is 5.88 Å². The number of aromatic nitrogens is 1. The number of nitrogens with one attached hydrogen (secondary N) is 1. The molecule has 1 saturated carbocycles. The average molecular weight is 351 g/mol. The van der Waals surface area contributed by atoms with Gasteiger partial charge in [-0.1, -0.05) is 0 Å². The van der Waals surface area contributed by atoms with E-state index in [2.05, 4.69) is 26.2 Å². The lowest BCUT2D eigenvalue weighted by Gasteiger charge is -2.09. The summed E-state index contributed by atoms with van der Waals surface area (Å²) in [6, 6.07) is 9.18. The van der Waals surface area contributed by atoms with E-state index in [0.29, 0.717) is 22.1 Å². The second-order valence-electron chi connectivity index (χ2n) is 5.29. The fourth-order valence-corrected chi connectivity index (χ4v) is 2.43. The Balaban J connectivity index is 1.75. The molecule has 1 fully saturated rings. The number of halogens is 2. The Morgan fingerprint density at radius 1 is 1.33 bits per heavy atom. The minimum atomic E-state index is -0.311. The summed E-state index contributed by atoms with van der Waals surface area (Å²) in [5, 5.41) is 3.47. The van der Waals surface area contributed by atoms with E-state index in [4.69, 9.17) is 4.74 Å². The normalized spacial score (nSPS) is 14.2. The van der Waals surface area contributed by atoms with Crippen molar-refractivity contribution in [2.45, 2.75) is 32.4 Å². The molecule has 1 N–H and O–H groups in total. The molecule has 110 valence electrons. The number of ether oxygens (including phenoxy) is 1. The third kappa shape index (κ3) is 4.02. The molecule has 2 aromatic rings. The fourth-order valence-electron chi connectivity index (χ4n) is 2.07. The highest BCUT2D eigenvalue weighted by Crippen LogP contribution is 2.26. The van der Waals surface area contributed by atoms with E-state index in [1.54, 1.807) is 12.1 Å². The minimum absolute atomic E-state index is 0.311. The van der Waals surface area contributed by atoms with Crippen LogP contribution in [0.5, 0.6) is 11.6 Å². The van der Waals surface area contributed by atoms with Crippen LogP contribution in [0.25, 0.3) is 0 Å². The first-order valence-electron chi connectivity index (χ1n) is 6.94. The summed E-state index contributed by atoms with van der Waals surface area (Å²) >= 11 is 3.15. The molecule has 0 amide bonds. The Kier molecular flexibility index (Phi) is 4.22. The Labute approximate surface area is 131 Å². The Morgan fingerprint density at radius 2 is 2.14 bits per heavy atom. The van der Waals surface area contributed by atoms with Crippen molar-refractivity contribution in [2.75, 3.05) is 0 Å². The molecule has 21 heavy (non-hydrogen) atoms. The maximum atomic E-state index is 13.2. The lowest BCUT2D eigenvalue weighted by atomic mass is 10.2. The molecule has 1 aromatic carbocycles. The number of hydrogen-bond donors (Lipinski definition) is 1. The number of pyridine rings is 1. The van der Waals surface area contributed by atoms with Crippen LogP contribution in [0.4, 0.5) is 4.39 Å². The van der Waals surface area contributed by atoms with E-state index in [9.17, 15) is 4.39 Å². The average Bonchev–Trinajstić information content (AvgIpc) is 3.24. The first kappa shape index (κ1) is 14.5. The zero-order valence-electron chi connectivity index (χ0n) is 11.7. The van der Waals surface area contributed by atoms with E-state index in [-0.39, 0.29) is 5.82 Å². The van der Waals surface area contributed by atoms with Gasteiger partial charge in [0.15, 0.2) is 0 Å². The second kappa shape index (κ2) is 6.12. The highest BCUT2D eigenvalue weighted by Gasteiger charge is 2.20. The van der Waals surface area contributed by atoms with E-state index in [1.165, 1.54) is 18.9 Å². The van der Waals surface area contributed by atoms with Crippen LogP contribution in [0, 0.1) is 12.7 Å². The first-order valence-corrected chi connectivity index (χ1v) is 7.73. The molecular formula is C16H16BrFN2O. The number of nitrogens with zero attached hydrogens (tertiary/aromatic N) is 1. The van der Waals surface area contributed by atoms with Crippen LogP contribution in [0.2, 0.25) is 0 Å². The van der Waals surface area contributed by atoms with Gasteiger partial charge in [0.1, 0.15) is 11.6 Å². The van der Waals surface area contributed by atoms with Gasteiger partial charge < -0.3 is 10.1 Å². The van der Waals surface area contributed by atoms with Crippen molar-refractivity contribution >= 4 is 15.9 Å². The molecule has 1 aromatic heterocycles. The number of aryl methyl sites for hydroxylation is 1. The van der Waals surface area contributed by atoms with Gasteiger partial charge in [-0.3, -0.25) is 0 Å². The molecule has 1 aliphatic carbocycles. The predicted molar refractivity (Wildman–Crippen MR) is 83.0 cm³/mol. The molecule has 0 bridgehead atoms. The van der Waals surface area contributed by atoms with Gasteiger partial charge in [0.05, 0.1) is 4.47 Å².